The second-order valence-corrected chi connectivity index (χ2v) is 4.70. The maximum Gasteiger partial charge on any atom is 0.331 e. The summed E-state index contributed by atoms with van der Waals surface area (Å²) in [4.78, 5) is 10.7. The van der Waals surface area contributed by atoms with Crippen molar-refractivity contribution in [2.75, 3.05) is 0 Å². The standard InChI is InChI=1S/C16H13ClO2/c1-11(16(18)19)9-12-5-7-13(8-6-12)14-3-2-4-15(17)10-14/h2-10H,1H3,(H,18,19)/b11-9+. The Labute approximate surface area is 117 Å². The Kier molecular flexibility index (Phi) is 4.03. The molecule has 0 saturated heterocycles. The Morgan fingerprint density at radius 1 is 1.11 bits per heavy atom. The molecule has 0 aliphatic heterocycles. The van der Waals surface area contributed by atoms with Gasteiger partial charge in [0, 0.05) is 10.6 Å². The lowest BCUT2D eigenvalue weighted by atomic mass is 10.0. The van der Waals surface area contributed by atoms with Gasteiger partial charge in [-0.25, -0.2) is 4.79 Å². The first-order valence-electron chi connectivity index (χ1n) is 5.84. The lowest BCUT2D eigenvalue weighted by Gasteiger charge is -2.03. The molecule has 0 radical (unpaired) electrons. The topological polar surface area (TPSA) is 37.3 Å². The molecule has 0 amide bonds. The van der Waals surface area contributed by atoms with E-state index in [1.54, 1.807) is 13.0 Å². The van der Waals surface area contributed by atoms with Crippen LogP contribution in [0.3, 0.4) is 0 Å². The van der Waals surface area contributed by atoms with Crippen LogP contribution in [0.25, 0.3) is 17.2 Å². The molecule has 0 fully saturated rings. The largest absolute Gasteiger partial charge is 0.478 e. The van der Waals surface area contributed by atoms with Crippen molar-refractivity contribution in [1.29, 1.82) is 0 Å². The number of hydrogen-bond acceptors (Lipinski definition) is 1. The normalized spacial score (nSPS) is 11.4. The predicted molar refractivity (Wildman–Crippen MR) is 78.2 cm³/mol. The van der Waals surface area contributed by atoms with E-state index in [9.17, 15) is 4.79 Å². The highest BCUT2D eigenvalue weighted by Crippen LogP contribution is 2.23. The van der Waals surface area contributed by atoms with Gasteiger partial charge in [-0.05, 0) is 41.8 Å². The van der Waals surface area contributed by atoms with Crippen LogP contribution < -0.4 is 0 Å². The molecule has 96 valence electrons. The Balaban J connectivity index is 2.29. The summed E-state index contributed by atoms with van der Waals surface area (Å²) in [5, 5.41) is 9.52. The summed E-state index contributed by atoms with van der Waals surface area (Å²) in [5.74, 6) is -0.904. The first-order valence-corrected chi connectivity index (χ1v) is 6.21. The van der Waals surface area contributed by atoms with Gasteiger partial charge in [0.25, 0.3) is 0 Å². The van der Waals surface area contributed by atoms with E-state index in [1.807, 2.05) is 48.5 Å². The van der Waals surface area contributed by atoms with Crippen LogP contribution in [-0.4, -0.2) is 11.1 Å². The van der Waals surface area contributed by atoms with Crippen molar-refractivity contribution in [3.63, 3.8) is 0 Å². The number of carboxylic acids is 1. The summed E-state index contributed by atoms with van der Waals surface area (Å²) in [6.07, 6.45) is 1.64. The lowest BCUT2D eigenvalue weighted by molar-refractivity contribution is -0.132. The Bertz CT molecular complexity index is 627. The summed E-state index contributed by atoms with van der Waals surface area (Å²) in [7, 11) is 0. The number of rotatable bonds is 3. The number of benzene rings is 2. The van der Waals surface area contributed by atoms with Gasteiger partial charge < -0.3 is 5.11 Å². The fourth-order valence-electron chi connectivity index (χ4n) is 1.75. The summed E-state index contributed by atoms with van der Waals surface area (Å²) in [6.45, 7) is 1.58. The molecular formula is C16H13ClO2. The minimum atomic E-state index is -0.904. The van der Waals surface area contributed by atoms with Gasteiger partial charge >= 0.3 is 5.97 Å². The second-order valence-electron chi connectivity index (χ2n) is 4.26. The van der Waals surface area contributed by atoms with E-state index in [1.165, 1.54) is 0 Å². The molecule has 0 spiro atoms. The van der Waals surface area contributed by atoms with Crippen molar-refractivity contribution in [3.8, 4) is 11.1 Å². The number of hydrogen-bond donors (Lipinski definition) is 1. The van der Waals surface area contributed by atoms with Gasteiger partial charge in [-0.15, -0.1) is 0 Å². The van der Waals surface area contributed by atoms with Gasteiger partial charge in [0.15, 0.2) is 0 Å². The Morgan fingerprint density at radius 3 is 2.37 bits per heavy atom. The zero-order chi connectivity index (χ0) is 13.8. The van der Waals surface area contributed by atoms with Gasteiger partial charge in [-0.3, -0.25) is 0 Å². The molecule has 1 N–H and O–H groups in total. The van der Waals surface area contributed by atoms with Crippen LogP contribution in [0.1, 0.15) is 12.5 Å². The van der Waals surface area contributed by atoms with E-state index in [0.717, 1.165) is 16.7 Å². The second kappa shape index (κ2) is 5.72. The SMILES string of the molecule is C/C(=C\c1ccc(-c2cccc(Cl)c2)cc1)C(=O)O. The third-order valence-corrected chi connectivity index (χ3v) is 3.02. The molecule has 0 atom stereocenters. The molecule has 0 aromatic heterocycles. The Hall–Kier alpha value is -2.06. The average Bonchev–Trinajstić information content (AvgIpc) is 2.39. The lowest BCUT2D eigenvalue weighted by Crippen LogP contribution is -1.95. The van der Waals surface area contributed by atoms with Crippen LogP contribution in [0.2, 0.25) is 5.02 Å². The van der Waals surface area contributed by atoms with Crippen LogP contribution >= 0.6 is 11.6 Å². The first-order chi connectivity index (χ1) is 9.06. The zero-order valence-corrected chi connectivity index (χ0v) is 11.2. The van der Waals surface area contributed by atoms with Crippen LogP contribution in [0, 0.1) is 0 Å². The fourth-order valence-corrected chi connectivity index (χ4v) is 1.94. The summed E-state index contributed by atoms with van der Waals surface area (Å²) >= 11 is 5.95. The van der Waals surface area contributed by atoms with Crippen LogP contribution in [0.5, 0.6) is 0 Å². The number of aliphatic carboxylic acids is 1. The molecule has 0 saturated carbocycles. The van der Waals surface area contributed by atoms with Gasteiger partial charge in [0.2, 0.25) is 0 Å². The average molecular weight is 273 g/mol. The highest BCUT2D eigenvalue weighted by atomic mass is 35.5. The molecule has 0 aliphatic carbocycles. The number of carboxylic acid groups (broad SMARTS) is 1. The van der Waals surface area contributed by atoms with E-state index >= 15 is 0 Å². The molecular weight excluding hydrogens is 260 g/mol. The van der Waals surface area contributed by atoms with Crippen LogP contribution in [-0.2, 0) is 4.79 Å². The summed E-state index contributed by atoms with van der Waals surface area (Å²) in [6, 6.07) is 15.3. The smallest absolute Gasteiger partial charge is 0.331 e. The zero-order valence-electron chi connectivity index (χ0n) is 10.4. The molecule has 2 nitrogen and oxygen atoms in total. The van der Waals surface area contributed by atoms with Gasteiger partial charge in [0.05, 0.1) is 0 Å². The van der Waals surface area contributed by atoms with Gasteiger partial charge in [-0.1, -0.05) is 48.0 Å². The van der Waals surface area contributed by atoms with Crippen molar-refractivity contribution in [2.45, 2.75) is 6.92 Å². The third-order valence-electron chi connectivity index (χ3n) is 2.79. The molecule has 19 heavy (non-hydrogen) atoms. The van der Waals surface area contributed by atoms with Gasteiger partial charge in [-0.2, -0.15) is 0 Å². The van der Waals surface area contributed by atoms with Crippen molar-refractivity contribution in [2.24, 2.45) is 0 Å². The van der Waals surface area contributed by atoms with Crippen molar-refractivity contribution >= 4 is 23.6 Å². The quantitative estimate of drug-likeness (QED) is 0.836. The van der Waals surface area contributed by atoms with Crippen molar-refractivity contribution in [3.05, 3.63) is 64.7 Å². The minimum Gasteiger partial charge on any atom is -0.478 e. The van der Waals surface area contributed by atoms with E-state index in [-0.39, 0.29) is 0 Å². The van der Waals surface area contributed by atoms with E-state index in [2.05, 4.69) is 0 Å². The monoisotopic (exact) mass is 272 g/mol. The Morgan fingerprint density at radius 2 is 1.79 bits per heavy atom. The van der Waals surface area contributed by atoms with E-state index in [4.69, 9.17) is 16.7 Å². The van der Waals surface area contributed by atoms with Crippen LogP contribution in [0.4, 0.5) is 0 Å². The molecule has 0 unspecified atom stereocenters. The van der Waals surface area contributed by atoms with Crippen molar-refractivity contribution in [1.82, 2.24) is 0 Å². The molecule has 0 heterocycles. The molecule has 2 aromatic carbocycles. The highest BCUT2D eigenvalue weighted by Gasteiger charge is 2.01. The summed E-state index contributed by atoms with van der Waals surface area (Å²) in [5.41, 5.74) is 3.27. The fraction of sp³-hybridized carbons (Fsp3) is 0.0625. The van der Waals surface area contributed by atoms with E-state index in [0.29, 0.717) is 10.6 Å². The molecule has 2 aromatic rings. The maximum atomic E-state index is 10.7. The van der Waals surface area contributed by atoms with Crippen molar-refractivity contribution < 1.29 is 9.90 Å². The summed E-state index contributed by atoms with van der Waals surface area (Å²) < 4.78 is 0. The number of halogens is 1. The highest BCUT2D eigenvalue weighted by molar-refractivity contribution is 6.30. The minimum absolute atomic E-state index is 0.315. The predicted octanol–water partition coefficient (Wildman–Crippen LogP) is 4.49. The number of carbonyl (C=O) groups is 1. The molecule has 3 heteroatoms. The third kappa shape index (κ3) is 3.46. The molecule has 2 rings (SSSR count). The molecule has 0 aliphatic rings. The molecule has 0 bridgehead atoms. The van der Waals surface area contributed by atoms with Crippen LogP contribution in [0.15, 0.2) is 54.1 Å². The van der Waals surface area contributed by atoms with Gasteiger partial charge in [0.1, 0.15) is 0 Å². The first kappa shape index (κ1) is 13.4. The maximum absolute atomic E-state index is 10.7. The van der Waals surface area contributed by atoms with E-state index < -0.39 is 5.97 Å².